The van der Waals surface area contributed by atoms with Crippen molar-refractivity contribution in [1.82, 2.24) is 9.78 Å². The lowest BCUT2D eigenvalue weighted by molar-refractivity contribution is 0.0473. The van der Waals surface area contributed by atoms with Crippen LogP contribution in [0.15, 0.2) is 65.1 Å². The van der Waals surface area contributed by atoms with Gasteiger partial charge in [-0.25, -0.2) is 13.9 Å². The zero-order chi connectivity index (χ0) is 21.5. The first-order valence-corrected chi connectivity index (χ1v) is 10.3. The summed E-state index contributed by atoms with van der Waals surface area (Å²) in [5.41, 5.74) is 2.01. The average Bonchev–Trinajstić information content (AvgIpc) is 3.47. The van der Waals surface area contributed by atoms with Crippen molar-refractivity contribution in [2.75, 3.05) is 6.61 Å². The third-order valence-electron chi connectivity index (χ3n) is 4.85. The Kier molecular flexibility index (Phi) is 4.63. The minimum Gasteiger partial charge on any atom is -0.453 e. The number of esters is 1. The molecule has 6 nitrogen and oxygen atoms in total. The predicted molar refractivity (Wildman–Crippen MR) is 114 cm³/mol. The van der Waals surface area contributed by atoms with Crippen LogP contribution >= 0.6 is 11.3 Å². The number of furan rings is 1. The fourth-order valence-electron chi connectivity index (χ4n) is 3.30. The summed E-state index contributed by atoms with van der Waals surface area (Å²) in [6.07, 6.45) is 0. The lowest BCUT2D eigenvalue weighted by atomic mass is 10.2. The van der Waals surface area contributed by atoms with Crippen LogP contribution in [-0.2, 0) is 4.74 Å². The second-order valence-corrected chi connectivity index (χ2v) is 7.98. The molecule has 0 aliphatic carbocycles. The molecule has 0 radical (unpaired) electrons. The molecule has 0 spiro atoms. The summed E-state index contributed by atoms with van der Waals surface area (Å²) in [5, 5.41) is 6.07. The number of hydrogen-bond donors (Lipinski definition) is 0. The van der Waals surface area contributed by atoms with Crippen LogP contribution in [0.25, 0.3) is 26.9 Å². The number of Topliss-reactive ketones (excluding diaryl/α,β-unsaturated/α-hetero) is 1. The Morgan fingerprint density at radius 1 is 1.13 bits per heavy atom. The summed E-state index contributed by atoms with van der Waals surface area (Å²) in [6, 6.07) is 16.5. The number of rotatable bonds is 5. The first kappa shape index (κ1) is 19.2. The number of fused-ring (bicyclic) bond motifs is 2. The summed E-state index contributed by atoms with van der Waals surface area (Å²) in [7, 11) is 0. The lowest BCUT2D eigenvalue weighted by Gasteiger charge is -2.02. The van der Waals surface area contributed by atoms with Crippen molar-refractivity contribution in [2.45, 2.75) is 6.92 Å². The van der Waals surface area contributed by atoms with Gasteiger partial charge in [0.1, 0.15) is 21.1 Å². The number of halogens is 1. The third kappa shape index (κ3) is 3.51. The van der Waals surface area contributed by atoms with E-state index in [1.165, 1.54) is 23.5 Å². The molecule has 0 unspecified atom stereocenters. The first-order chi connectivity index (χ1) is 15.0. The first-order valence-electron chi connectivity index (χ1n) is 9.43. The smallest absolute Gasteiger partial charge is 0.348 e. The van der Waals surface area contributed by atoms with Crippen LogP contribution in [0.3, 0.4) is 0 Å². The maximum atomic E-state index is 13.2. The molecule has 0 saturated heterocycles. The van der Waals surface area contributed by atoms with E-state index in [1.807, 2.05) is 25.1 Å². The van der Waals surface area contributed by atoms with Crippen molar-refractivity contribution in [1.29, 1.82) is 0 Å². The SMILES string of the molecule is Cc1nn(-c2ccc(F)cc2)c2sc(C(=O)OCC(=O)c3cc4ccccc4o3)cc12. The highest BCUT2D eigenvalue weighted by atomic mass is 32.1. The van der Waals surface area contributed by atoms with Crippen molar-refractivity contribution in [3.05, 3.63) is 82.8 Å². The molecule has 0 saturated carbocycles. The van der Waals surface area contributed by atoms with E-state index in [0.717, 1.165) is 21.3 Å². The fraction of sp³-hybridized carbons (Fsp3) is 0.0870. The van der Waals surface area contributed by atoms with Crippen LogP contribution in [0.1, 0.15) is 25.9 Å². The van der Waals surface area contributed by atoms with Crippen LogP contribution in [0, 0.1) is 12.7 Å². The zero-order valence-corrected chi connectivity index (χ0v) is 17.1. The molecular formula is C23H15FN2O4S. The monoisotopic (exact) mass is 434 g/mol. The quantitative estimate of drug-likeness (QED) is 0.276. The van der Waals surface area contributed by atoms with Gasteiger partial charge in [0.05, 0.1) is 11.4 Å². The number of para-hydroxylation sites is 1. The van der Waals surface area contributed by atoms with Gasteiger partial charge in [-0.3, -0.25) is 4.79 Å². The third-order valence-corrected chi connectivity index (χ3v) is 5.94. The molecule has 2 aromatic carbocycles. The van der Waals surface area contributed by atoms with E-state index >= 15 is 0 Å². The Morgan fingerprint density at radius 2 is 1.90 bits per heavy atom. The zero-order valence-electron chi connectivity index (χ0n) is 16.3. The van der Waals surface area contributed by atoms with Gasteiger partial charge in [0.2, 0.25) is 5.78 Å². The number of ketones is 1. The van der Waals surface area contributed by atoms with Crippen molar-refractivity contribution >= 4 is 44.3 Å². The van der Waals surface area contributed by atoms with Gasteiger partial charge in [0.25, 0.3) is 0 Å². The van der Waals surface area contributed by atoms with E-state index in [4.69, 9.17) is 9.15 Å². The Hall–Kier alpha value is -3.78. The Balaban J connectivity index is 1.35. The molecule has 0 aliphatic heterocycles. The molecule has 5 rings (SSSR count). The standard InChI is InChI=1S/C23H15FN2O4S/c1-13-17-11-21(31-22(17)26(25-13)16-8-6-15(24)7-9-16)23(28)29-12-18(27)20-10-14-4-2-3-5-19(14)30-20/h2-11H,12H2,1H3. The van der Waals surface area contributed by atoms with Crippen LogP contribution < -0.4 is 0 Å². The van der Waals surface area contributed by atoms with E-state index in [9.17, 15) is 14.0 Å². The van der Waals surface area contributed by atoms with Gasteiger partial charge in [0.15, 0.2) is 12.4 Å². The highest BCUT2D eigenvalue weighted by Crippen LogP contribution is 2.31. The second-order valence-electron chi connectivity index (χ2n) is 6.95. The topological polar surface area (TPSA) is 74.3 Å². The van der Waals surface area contributed by atoms with Gasteiger partial charge in [-0.2, -0.15) is 5.10 Å². The summed E-state index contributed by atoms with van der Waals surface area (Å²) in [5.74, 6) is -1.21. The number of aromatic nitrogens is 2. The molecule has 0 N–H and O–H groups in total. The highest BCUT2D eigenvalue weighted by Gasteiger charge is 2.20. The number of nitrogens with zero attached hydrogens (tertiary/aromatic N) is 2. The van der Waals surface area contributed by atoms with Gasteiger partial charge in [-0.1, -0.05) is 18.2 Å². The predicted octanol–water partition coefficient (Wildman–Crippen LogP) is 5.32. The molecule has 0 aliphatic rings. The van der Waals surface area contributed by atoms with Crippen molar-refractivity contribution in [3.8, 4) is 5.69 Å². The van der Waals surface area contributed by atoms with Crippen molar-refractivity contribution in [3.63, 3.8) is 0 Å². The Morgan fingerprint density at radius 3 is 2.68 bits per heavy atom. The highest BCUT2D eigenvalue weighted by molar-refractivity contribution is 7.20. The molecule has 154 valence electrons. The Labute approximate surface area is 179 Å². The number of hydrogen-bond acceptors (Lipinski definition) is 6. The molecule has 31 heavy (non-hydrogen) atoms. The van der Waals surface area contributed by atoms with Gasteiger partial charge in [0, 0.05) is 10.8 Å². The minimum atomic E-state index is -0.601. The van der Waals surface area contributed by atoms with E-state index in [-0.39, 0.29) is 11.6 Å². The second kappa shape index (κ2) is 7.48. The molecule has 0 bridgehead atoms. The molecule has 3 heterocycles. The van der Waals surface area contributed by atoms with E-state index in [0.29, 0.717) is 16.1 Å². The van der Waals surface area contributed by atoms with Crippen LogP contribution in [0.2, 0.25) is 0 Å². The fourth-order valence-corrected chi connectivity index (χ4v) is 4.37. The number of thiophene rings is 1. The molecular weight excluding hydrogens is 419 g/mol. The summed E-state index contributed by atoms with van der Waals surface area (Å²) >= 11 is 1.20. The molecule has 0 atom stereocenters. The lowest BCUT2D eigenvalue weighted by Crippen LogP contribution is -2.13. The molecule has 3 aromatic heterocycles. The Bertz CT molecular complexity index is 1410. The average molecular weight is 434 g/mol. The summed E-state index contributed by atoms with van der Waals surface area (Å²) < 4.78 is 25.6. The van der Waals surface area contributed by atoms with Gasteiger partial charge < -0.3 is 9.15 Å². The maximum absolute atomic E-state index is 13.2. The maximum Gasteiger partial charge on any atom is 0.348 e. The minimum absolute atomic E-state index is 0.146. The number of carbonyl (C=O) groups excluding carboxylic acids is 2. The van der Waals surface area contributed by atoms with Gasteiger partial charge >= 0.3 is 5.97 Å². The molecule has 0 amide bonds. The number of carbonyl (C=O) groups is 2. The number of ether oxygens (including phenoxy) is 1. The molecule has 0 fully saturated rings. The normalized spacial score (nSPS) is 11.3. The largest absolute Gasteiger partial charge is 0.453 e. The van der Waals surface area contributed by atoms with Crippen LogP contribution in [0.5, 0.6) is 0 Å². The van der Waals surface area contributed by atoms with Crippen molar-refractivity contribution in [2.24, 2.45) is 0 Å². The molecule has 8 heteroatoms. The molecule has 5 aromatic rings. The number of benzene rings is 2. The summed E-state index contributed by atoms with van der Waals surface area (Å²) in [6.45, 7) is 1.41. The van der Waals surface area contributed by atoms with Crippen LogP contribution in [0.4, 0.5) is 4.39 Å². The van der Waals surface area contributed by atoms with E-state index in [2.05, 4.69) is 5.10 Å². The summed E-state index contributed by atoms with van der Waals surface area (Å²) in [4.78, 5) is 26.0. The van der Waals surface area contributed by atoms with E-state index < -0.39 is 18.4 Å². The van der Waals surface area contributed by atoms with E-state index in [1.54, 1.807) is 35.0 Å². The van der Waals surface area contributed by atoms with Crippen molar-refractivity contribution < 1.29 is 23.1 Å². The van der Waals surface area contributed by atoms with Crippen LogP contribution in [-0.4, -0.2) is 28.1 Å². The van der Waals surface area contributed by atoms with Gasteiger partial charge in [-0.05, 0) is 49.4 Å². The van der Waals surface area contributed by atoms with Gasteiger partial charge in [-0.15, -0.1) is 11.3 Å². The number of aryl methyl sites for hydroxylation is 1.